The van der Waals surface area contributed by atoms with Crippen LogP contribution in [0.25, 0.3) is 0 Å². The van der Waals surface area contributed by atoms with Gasteiger partial charge in [0.15, 0.2) is 5.16 Å². The third kappa shape index (κ3) is 5.51. The van der Waals surface area contributed by atoms with E-state index in [0.717, 1.165) is 42.0 Å². The minimum Gasteiger partial charge on any atom is -0.378 e. The van der Waals surface area contributed by atoms with Crippen LogP contribution in [-0.2, 0) is 16.1 Å². The third-order valence-electron chi connectivity index (χ3n) is 4.83. The maximum absolute atomic E-state index is 12.8. The zero-order valence-electron chi connectivity index (χ0n) is 17.9. The van der Waals surface area contributed by atoms with Crippen molar-refractivity contribution in [1.29, 1.82) is 0 Å². The monoisotopic (exact) mass is 417 g/mol. The standard InChI is InChI=1S/C21H31N5O2S/c1-14(2)13-26-20(25-8-10-28-11-9-25)23-24-21(26)29-17(5)19(27)22-18-7-6-15(3)12-16(18)4/h6-7,12,14,17H,8-11,13H2,1-5H3,(H,22,27). The van der Waals surface area contributed by atoms with Crippen LogP contribution in [0.2, 0.25) is 0 Å². The maximum atomic E-state index is 12.8. The van der Waals surface area contributed by atoms with Crippen molar-refractivity contribution in [3.63, 3.8) is 0 Å². The SMILES string of the molecule is Cc1ccc(NC(=O)C(C)Sc2nnc(N3CCOCC3)n2CC(C)C)c(C)c1. The number of nitrogens with zero attached hydrogens (tertiary/aromatic N) is 4. The Kier molecular flexibility index (Phi) is 7.18. The summed E-state index contributed by atoms with van der Waals surface area (Å²) in [5.41, 5.74) is 3.10. The van der Waals surface area contributed by atoms with Crippen molar-refractivity contribution in [2.45, 2.75) is 51.6 Å². The molecule has 0 saturated carbocycles. The van der Waals surface area contributed by atoms with Crippen molar-refractivity contribution in [2.75, 3.05) is 36.5 Å². The number of thioether (sulfide) groups is 1. The summed E-state index contributed by atoms with van der Waals surface area (Å²) in [6.07, 6.45) is 0. The molecule has 8 heteroatoms. The second-order valence-electron chi connectivity index (χ2n) is 7.95. The van der Waals surface area contributed by atoms with Crippen molar-refractivity contribution in [3.8, 4) is 0 Å². The number of morpholine rings is 1. The van der Waals surface area contributed by atoms with E-state index in [1.807, 2.05) is 32.9 Å². The lowest BCUT2D eigenvalue weighted by Gasteiger charge is -2.28. The first-order valence-electron chi connectivity index (χ1n) is 10.2. The van der Waals surface area contributed by atoms with E-state index in [2.05, 4.69) is 44.9 Å². The van der Waals surface area contributed by atoms with Gasteiger partial charge in [-0.3, -0.25) is 9.36 Å². The number of rotatable bonds is 7. The highest BCUT2D eigenvalue weighted by atomic mass is 32.2. The Balaban J connectivity index is 1.73. The van der Waals surface area contributed by atoms with Gasteiger partial charge in [0, 0.05) is 25.3 Å². The fraction of sp³-hybridized carbons (Fsp3) is 0.571. The molecule has 1 aromatic carbocycles. The molecule has 29 heavy (non-hydrogen) atoms. The molecule has 0 bridgehead atoms. The molecule has 1 saturated heterocycles. The van der Waals surface area contributed by atoms with Crippen molar-refractivity contribution >= 4 is 29.3 Å². The largest absolute Gasteiger partial charge is 0.378 e. The average Bonchev–Trinajstić information content (AvgIpc) is 3.06. The van der Waals surface area contributed by atoms with Crippen LogP contribution in [0.15, 0.2) is 23.4 Å². The first-order chi connectivity index (χ1) is 13.8. The smallest absolute Gasteiger partial charge is 0.237 e. The van der Waals surface area contributed by atoms with Gasteiger partial charge in [-0.2, -0.15) is 0 Å². The summed E-state index contributed by atoms with van der Waals surface area (Å²) < 4.78 is 7.60. The van der Waals surface area contributed by atoms with E-state index in [-0.39, 0.29) is 11.2 Å². The second kappa shape index (κ2) is 9.63. The highest BCUT2D eigenvalue weighted by molar-refractivity contribution is 8.00. The fourth-order valence-electron chi connectivity index (χ4n) is 3.29. The molecule has 1 aliphatic rings. The molecule has 0 aliphatic carbocycles. The van der Waals surface area contributed by atoms with Crippen molar-refractivity contribution in [3.05, 3.63) is 29.3 Å². The Hall–Kier alpha value is -2.06. The molecule has 158 valence electrons. The van der Waals surface area contributed by atoms with Gasteiger partial charge in [0.1, 0.15) is 0 Å². The molecular formula is C21H31N5O2S. The summed E-state index contributed by atoms with van der Waals surface area (Å²) in [4.78, 5) is 15.0. The Bertz CT molecular complexity index is 846. The highest BCUT2D eigenvalue weighted by Gasteiger charge is 2.24. The molecule has 2 heterocycles. The van der Waals surface area contributed by atoms with E-state index >= 15 is 0 Å². The van der Waals surface area contributed by atoms with Crippen LogP contribution < -0.4 is 10.2 Å². The topological polar surface area (TPSA) is 72.3 Å². The number of aryl methyl sites for hydroxylation is 2. The first kappa shape index (κ1) is 21.6. The van der Waals surface area contributed by atoms with Crippen LogP contribution in [-0.4, -0.2) is 52.2 Å². The molecule has 1 aromatic heterocycles. The first-order valence-corrected chi connectivity index (χ1v) is 11.0. The molecule has 0 radical (unpaired) electrons. The zero-order valence-corrected chi connectivity index (χ0v) is 18.8. The summed E-state index contributed by atoms with van der Waals surface area (Å²) in [5.74, 6) is 1.28. The number of hydrogen-bond acceptors (Lipinski definition) is 6. The van der Waals surface area contributed by atoms with E-state index in [4.69, 9.17) is 4.74 Å². The van der Waals surface area contributed by atoms with E-state index in [9.17, 15) is 4.79 Å². The highest BCUT2D eigenvalue weighted by Crippen LogP contribution is 2.28. The van der Waals surface area contributed by atoms with Crippen LogP contribution in [0.1, 0.15) is 31.9 Å². The molecule has 1 unspecified atom stereocenters. The van der Waals surface area contributed by atoms with Gasteiger partial charge in [0.05, 0.1) is 18.5 Å². The summed E-state index contributed by atoms with van der Waals surface area (Å²) in [5, 5.41) is 12.4. The fourth-order valence-corrected chi connectivity index (χ4v) is 4.14. The molecule has 1 amide bonds. The predicted molar refractivity (Wildman–Crippen MR) is 118 cm³/mol. The summed E-state index contributed by atoms with van der Waals surface area (Å²) in [7, 11) is 0. The number of carbonyl (C=O) groups excluding carboxylic acids is 1. The number of anilines is 2. The Morgan fingerprint density at radius 3 is 2.59 bits per heavy atom. The van der Waals surface area contributed by atoms with Crippen molar-refractivity contribution < 1.29 is 9.53 Å². The van der Waals surface area contributed by atoms with Gasteiger partial charge < -0.3 is 15.0 Å². The van der Waals surface area contributed by atoms with E-state index in [0.29, 0.717) is 19.1 Å². The number of benzene rings is 1. The zero-order chi connectivity index (χ0) is 21.0. The van der Waals surface area contributed by atoms with Crippen LogP contribution in [0.4, 0.5) is 11.6 Å². The van der Waals surface area contributed by atoms with Gasteiger partial charge in [-0.15, -0.1) is 10.2 Å². The molecule has 1 atom stereocenters. The molecule has 3 rings (SSSR count). The van der Waals surface area contributed by atoms with Gasteiger partial charge in [0.25, 0.3) is 0 Å². The van der Waals surface area contributed by atoms with E-state index in [1.165, 1.54) is 17.3 Å². The van der Waals surface area contributed by atoms with Gasteiger partial charge >= 0.3 is 0 Å². The van der Waals surface area contributed by atoms with Gasteiger partial charge in [-0.25, -0.2) is 0 Å². The third-order valence-corrected chi connectivity index (χ3v) is 5.91. The Labute approximate surface area is 177 Å². The van der Waals surface area contributed by atoms with Gasteiger partial charge in [0.2, 0.25) is 11.9 Å². The van der Waals surface area contributed by atoms with E-state index in [1.54, 1.807) is 0 Å². The lowest BCUT2D eigenvalue weighted by molar-refractivity contribution is -0.115. The number of hydrogen-bond donors (Lipinski definition) is 1. The van der Waals surface area contributed by atoms with Gasteiger partial charge in [-0.1, -0.05) is 43.3 Å². The Morgan fingerprint density at radius 2 is 1.93 bits per heavy atom. The van der Waals surface area contributed by atoms with Crippen LogP contribution in [0.3, 0.4) is 0 Å². The molecule has 7 nitrogen and oxygen atoms in total. The number of amides is 1. The molecule has 2 aromatic rings. The summed E-state index contributed by atoms with van der Waals surface area (Å²) in [6.45, 7) is 14.1. The predicted octanol–water partition coefficient (Wildman–Crippen LogP) is 3.51. The minimum absolute atomic E-state index is 0.0334. The Morgan fingerprint density at radius 1 is 1.21 bits per heavy atom. The van der Waals surface area contributed by atoms with Gasteiger partial charge in [-0.05, 0) is 38.3 Å². The quantitative estimate of drug-likeness (QED) is 0.695. The molecule has 0 spiro atoms. The lowest BCUT2D eigenvalue weighted by atomic mass is 10.1. The molecule has 1 fully saturated rings. The van der Waals surface area contributed by atoms with Crippen LogP contribution >= 0.6 is 11.8 Å². The maximum Gasteiger partial charge on any atom is 0.237 e. The summed E-state index contributed by atoms with van der Waals surface area (Å²) >= 11 is 1.45. The van der Waals surface area contributed by atoms with E-state index < -0.39 is 0 Å². The second-order valence-corrected chi connectivity index (χ2v) is 9.26. The van der Waals surface area contributed by atoms with Crippen molar-refractivity contribution in [2.24, 2.45) is 5.92 Å². The number of carbonyl (C=O) groups is 1. The number of aromatic nitrogens is 3. The minimum atomic E-state index is -0.289. The number of ether oxygens (including phenoxy) is 1. The molecule has 1 aliphatic heterocycles. The lowest BCUT2D eigenvalue weighted by Crippen LogP contribution is -2.38. The van der Waals surface area contributed by atoms with Crippen LogP contribution in [0.5, 0.6) is 0 Å². The van der Waals surface area contributed by atoms with Crippen molar-refractivity contribution in [1.82, 2.24) is 14.8 Å². The number of nitrogens with one attached hydrogen (secondary N) is 1. The molecular weight excluding hydrogens is 386 g/mol. The van der Waals surface area contributed by atoms with Crippen LogP contribution in [0, 0.1) is 19.8 Å². The normalized spacial score (nSPS) is 15.6. The average molecular weight is 418 g/mol. The molecule has 1 N–H and O–H groups in total. The summed E-state index contributed by atoms with van der Waals surface area (Å²) in [6, 6.07) is 6.04.